The summed E-state index contributed by atoms with van der Waals surface area (Å²) in [5.41, 5.74) is 11.7. The predicted molar refractivity (Wildman–Crippen MR) is 66.0 cm³/mol. The van der Waals surface area contributed by atoms with Crippen molar-refractivity contribution in [3.8, 4) is 0 Å². The zero-order chi connectivity index (χ0) is 13.2. The molecule has 94 valence electrons. The number of primary amides is 1. The molecule has 1 rings (SSSR count). The van der Waals surface area contributed by atoms with E-state index in [0.29, 0.717) is 11.3 Å². The van der Waals surface area contributed by atoms with Gasteiger partial charge in [-0.2, -0.15) is 0 Å². The van der Waals surface area contributed by atoms with Gasteiger partial charge in [-0.25, -0.2) is 8.42 Å². The average molecular weight is 256 g/mol. The molecule has 0 radical (unpaired) electrons. The first-order valence-corrected chi connectivity index (χ1v) is 6.77. The van der Waals surface area contributed by atoms with Gasteiger partial charge in [-0.3, -0.25) is 4.79 Å². The van der Waals surface area contributed by atoms with Gasteiger partial charge in [0.25, 0.3) is 0 Å². The summed E-state index contributed by atoms with van der Waals surface area (Å²) in [4.78, 5) is 11.1. The molecule has 5 nitrogen and oxygen atoms in total. The zero-order valence-corrected chi connectivity index (χ0v) is 10.6. The van der Waals surface area contributed by atoms with Gasteiger partial charge in [0.1, 0.15) is 0 Å². The first-order chi connectivity index (χ1) is 7.74. The maximum Gasteiger partial charge on any atom is 0.221 e. The molecule has 17 heavy (non-hydrogen) atoms. The van der Waals surface area contributed by atoms with Gasteiger partial charge in [0.15, 0.2) is 9.84 Å². The van der Waals surface area contributed by atoms with Crippen LogP contribution in [0.4, 0.5) is 5.69 Å². The second-order valence-electron chi connectivity index (χ2n) is 4.11. The van der Waals surface area contributed by atoms with Crippen LogP contribution in [0.5, 0.6) is 0 Å². The minimum Gasteiger partial charge on any atom is -0.399 e. The summed E-state index contributed by atoms with van der Waals surface area (Å²) in [5, 5.41) is 0. The summed E-state index contributed by atoms with van der Waals surface area (Å²) in [6.07, 6.45) is 0. The van der Waals surface area contributed by atoms with Crippen molar-refractivity contribution in [1.29, 1.82) is 0 Å². The maximum atomic E-state index is 12.0. The lowest BCUT2D eigenvalue weighted by atomic mass is 10.2. The summed E-state index contributed by atoms with van der Waals surface area (Å²) in [6.45, 7) is 3.16. The monoisotopic (exact) mass is 256 g/mol. The topological polar surface area (TPSA) is 103 Å². The van der Waals surface area contributed by atoms with Crippen molar-refractivity contribution in [2.45, 2.75) is 18.7 Å². The SMILES string of the molecule is Cc1cc(N)ccc1S(=O)(=O)CC(C)C(N)=O. The minimum atomic E-state index is -3.51. The Hall–Kier alpha value is -1.56. The number of aryl methyl sites for hydroxylation is 1. The first-order valence-electron chi connectivity index (χ1n) is 5.12. The van der Waals surface area contributed by atoms with Gasteiger partial charge in [-0.1, -0.05) is 6.92 Å². The summed E-state index contributed by atoms with van der Waals surface area (Å²) in [7, 11) is -3.51. The number of carbonyl (C=O) groups excluding carboxylic acids is 1. The number of anilines is 1. The van der Waals surface area contributed by atoms with E-state index in [-0.39, 0.29) is 10.6 Å². The van der Waals surface area contributed by atoms with Gasteiger partial charge >= 0.3 is 0 Å². The normalized spacial score (nSPS) is 13.3. The fraction of sp³-hybridized carbons (Fsp3) is 0.364. The molecule has 1 amide bonds. The molecule has 4 N–H and O–H groups in total. The Morgan fingerprint density at radius 2 is 2.00 bits per heavy atom. The van der Waals surface area contributed by atoms with Gasteiger partial charge in [-0.05, 0) is 30.7 Å². The van der Waals surface area contributed by atoms with Crippen LogP contribution < -0.4 is 11.5 Å². The second-order valence-corrected chi connectivity index (χ2v) is 6.11. The smallest absolute Gasteiger partial charge is 0.221 e. The number of rotatable bonds is 4. The number of nitrogens with two attached hydrogens (primary N) is 2. The van der Waals surface area contributed by atoms with Gasteiger partial charge in [0, 0.05) is 11.6 Å². The third-order valence-corrected chi connectivity index (χ3v) is 4.56. The Kier molecular flexibility index (Phi) is 3.77. The Balaban J connectivity index is 3.10. The van der Waals surface area contributed by atoms with Crippen molar-refractivity contribution in [3.63, 3.8) is 0 Å². The molecule has 0 fully saturated rings. The lowest BCUT2D eigenvalue weighted by Gasteiger charge is -2.11. The number of hydrogen-bond acceptors (Lipinski definition) is 4. The van der Waals surface area contributed by atoms with E-state index in [1.165, 1.54) is 19.1 Å². The van der Waals surface area contributed by atoms with E-state index >= 15 is 0 Å². The highest BCUT2D eigenvalue weighted by atomic mass is 32.2. The molecular weight excluding hydrogens is 240 g/mol. The Morgan fingerprint density at radius 1 is 1.41 bits per heavy atom. The highest BCUT2D eigenvalue weighted by Gasteiger charge is 2.23. The number of hydrogen-bond donors (Lipinski definition) is 2. The fourth-order valence-electron chi connectivity index (χ4n) is 1.52. The predicted octanol–water partition coefficient (Wildman–Crippen LogP) is 0.472. The van der Waals surface area contributed by atoms with Crippen LogP contribution in [-0.2, 0) is 14.6 Å². The molecule has 1 aromatic carbocycles. The summed E-state index contributed by atoms with van der Waals surface area (Å²) in [6, 6.07) is 4.56. The molecule has 1 unspecified atom stereocenters. The maximum absolute atomic E-state index is 12.0. The van der Waals surface area contributed by atoms with Crippen molar-refractivity contribution in [2.75, 3.05) is 11.5 Å². The van der Waals surface area contributed by atoms with E-state index in [1.807, 2.05) is 0 Å². The summed E-state index contributed by atoms with van der Waals surface area (Å²) in [5.74, 6) is -1.62. The second kappa shape index (κ2) is 4.75. The lowest BCUT2D eigenvalue weighted by molar-refractivity contribution is -0.120. The highest BCUT2D eigenvalue weighted by Crippen LogP contribution is 2.20. The van der Waals surface area contributed by atoms with Crippen LogP contribution in [-0.4, -0.2) is 20.1 Å². The molecule has 0 aliphatic heterocycles. The lowest BCUT2D eigenvalue weighted by Crippen LogP contribution is -2.27. The summed E-state index contributed by atoms with van der Waals surface area (Å²) < 4.78 is 24.1. The number of amides is 1. The van der Waals surface area contributed by atoms with E-state index in [0.717, 1.165) is 0 Å². The van der Waals surface area contributed by atoms with E-state index < -0.39 is 21.7 Å². The van der Waals surface area contributed by atoms with Crippen molar-refractivity contribution in [1.82, 2.24) is 0 Å². The molecule has 0 spiro atoms. The molecule has 1 atom stereocenters. The van der Waals surface area contributed by atoms with E-state index in [1.54, 1.807) is 13.0 Å². The number of nitrogen functional groups attached to an aromatic ring is 1. The molecule has 0 aliphatic carbocycles. The fourth-order valence-corrected chi connectivity index (χ4v) is 3.35. The van der Waals surface area contributed by atoms with E-state index in [4.69, 9.17) is 11.5 Å². The Morgan fingerprint density at radius 3 is 2.47 bits per heavy atom. The van der Waals surface area contributed by atoms with Gasteiger partial charge in [-0.15, -0.1) is 0 Å². The molecule has 1 aromatic rings. The van der Waals surface area contributed by atoms with Crippen LogP contribution in [0.25, 0.3) is 0 Å². The van der Waals surface area contributed by atoms with Crippen LogP contribution >= 0.6 is 0 Å². The molecule has 6 heteroatoms. The molecule has 0 bridgehead atoms. The average Bonchev–Trinajstić information content (AvgIpc) is 2.15. The first kappa shape index (κ1) is 13.5. The largest absolute Gasteiger partial charge is 0.399 e. The van der Waals surface area contributed by atoms with E-state index in [9.17, 15) is 13.2 Å². The zero-order valence-electron chi connectivity index (χ0n) is 9.80. The Labute approximate surface area is 101 Å². The van der Waals surface area contributed by atoms with Crippen molar-refractivity contribution >= 4 is 21.4 Å². The van der Waals surface area contributed by atoms with Crippen LogP contribution in [0.2, 0.25) is 0 Å². The molecule has 0 heterocycles. The van der Waals surface area contributed by atoms with Crippen LogP contribution in [0.3, 0.4) is 0 Å². The van der Waals surface area contributed by atoms with Gasteiger partial charge < -0.3 is 11.5 Å². The third-order valence-electron chi connectivity index (χ3n) is 2.49. The molecule has 0 saturated carbocycles. The molecule has 0 aromatic heterocycles. The molecular formula is C11H16N2O3S. The number of benzene rings is 1. The quantitative estimate of drug-likeness (QED) is 0.764. The molecule has 0 saturated heterocycles. The number of carbonyl (C=O) groups is 1. The standard InChI is InChI=1S/C11H16N2O3S/c1-7-5-9(12)3-4-10(7)17(15,16)6-8(2)11(13)14/h3-5,8H,6,12H2,1-2H3,(H2,13,14). The van der Waals surface area contributed by atoms with Crippen molar-refractivity contribution < 1.29 is 13.2 Å². The highest BCUT2D eigenvalue weighted by molar-refractivity contribution is 7.91. The summed E-state index contributed by atoms with van der Waals surface area (Å²) >= 11 is 0. The van der Waals surface area contributed by atoms with Crippen LogP contribution in [0.15, 0.2) is 23.1 Å². The van der Waals surface area contributed by atoms with Crippen LogP contribution in [0.1, 0.15) is 12.5 Å². The van der Waals surface area contributed by atoms with E-state index in [2.05, 4.69) is 0 Å². The Bertz CT molecular complexity index is 538. The number of sulfone groups is 1. The van der Waals surface area contributed by atoms with Crippen molar-refractivity contribution in [3.05, 3.63) is 23.8 Å². The van der Waals surface area contributed by atoms with Gasteiger partial charge in [0.05, 0.1) is 10.6 Å². The third kappa shape index (κ3) is 3.20. The minimum absolute atomic E-state index is 0.194. The van der Waals surface area contributed by atoms with Crippen LogP contribution in [0, 0.1) is 12.8 Å². The van der Waals surface area contributed by atoms with Gasteiger partial charge in [0.2, 0.25) is 5.91 Å². The molecule has 0 aliphatic rings. The van der Waals surface area contributed by atoms with Crippen molar-refractivity contribution in [2.24, 2.45) is 11.7 Å².